The fourth-order valence-corrected chi connectivity index (χ4v) is 6.55. The smallest absolute Gasteiger partial charge is 0.161 e. The van der Waals surface area contributed by atoms with Crippen molar-refractivity contribution in [1.82, 2.24) is 0 Å². The molecule has 0 aliphatic heterocycles. The van der Waals surface area contributed by atoms with Crippen LogP contribution >= 0.6 is 47.8 Å². The summed E-state index contributed by atoms with van der Waals surface area (Å²) >= 11 is 12.3. The average Bonchev–Trinajstić information content (AvgIpc) is 3.02. The minimum absolute atomic E-state index is 0.00595. The van der Waals surface area contributed by atoms with Gasteiger partial charge in [-0.1, -0.05) is 148 Å². The van der Waals surface area contributed by atoms with Crippen LogP contribution in [0.15, 0.2) is 42.5 Å². The lowest BCUT2D eigenvalue weighted by atomic mass is 10.0. The van der Waals surface area contributed by atoms with Gasteiger partial charge in [0.25, 0.3) is 0 Å². The lowest BCUT2D eigenvalue weighted by Gasteiger charge is -2.21. The fraction of sp³-hybridized carbons (Fsp3) is 0.684. The van der Waals surface area contributed by atoms with Crippen LogP contribution in [0.2, 0.25) is 0 Å². The number of hydrogen-bond acceptors (Lipinski definition) is 4. The quantitative estimate of drug-likeness (QED) is 0.0540. The Morgan fingerprint density at radius 1 is 0.488 bits per heavy atom. The molecule has 2 nitrogen and oxygen atoms in total. The van der Waals surface area contributed by atoms with Gasteiger partial charge in [0.05, 0.1) is 13.2 Å². The van der Waals surface area contributed by atoms with Gasteiger partial charge in [-0.15, -0.1) is 0 Å². The fourth-order valence-electron chi connectivity index (χ4n) is 5.51. The van der Waals surface area contributed by atoms with Gasteiger partial charge in [-0.05, 0) is 70.8 Å². The van der Waals surface area contributed by atoms with Crippen molar-refractivity contribution in [3.63, 3.8) is 0 Å². The van der Waals surface area contributed by atoms with Crippen LogP contribution < -0.4 is 9.47 Å². The second-order valence-corrected chi connectivity index (χ2v) is 14.6. The molecular weight excluding hydrogens is 679 g/mol. The highest BCUT2D eigenvalue weighted by Crippen LogP contribution is 2.41. The number of ether oxygens (including phenoxy) is 2. The SMILES string of the molecule is CCCCCCCCCCCCOc1ccc(C(S)C(S)c2ccc(I)cc2)cc1OCCCCCCCCCCCC. The average molecular weight is 741 g/mol. The van der Waals surface area contributed by atoms with Crippen molar-refractivity contribution in [2.24, 2.45) is 0 Å². The van der Waals surface area contributed by atoms with Gasteiger partial charge in [0.15, 0.2) is 11.5 Å². The Morgan fingerprint density at radius 2 is 0.860 bits per heavy atom. The Balaban J connectivity index is 1.83. The molecule has 0 N–H and O–H groups in total. The highest BCUT2D eigenvalue weighted by atomic mass is 127. The Hall–Kier alpha value is -0.530. The second kappa shape index (κ2) is 25.6. The first kappa shape index (κ1) is 38.7. The maximum absolute atomic E-state index is 6.37. The number of rotatable bonds is 27. The number of unbranched alkanes of at least 4 members (excludes halogenated alkanes) is 18. The number of thiol groups is 2. The molecule has 2 atom stereocenters. The molecule has 0 amide bonds. The first-order valence-electron chi connectivity index (χ1n) is 17.6. The van der Waals surface area contributed by atoms with Gasteiger partial charge in [-0.25, -0.2) is 0 Å². The molecule has 2 aromatic carbocycles. The number of halogens is 1. The van der Waals surface area contributed by atoms with E-state index >= 15 is 0 Å². The summed E-state index contributed by atoms with van der Waals surface area (Å²) in [6.45, 7) is 6.04. The molecule has 0 spiro atoms. The van der Waals surface area contributed by atoms with Gasteiger partial charge < -0.3 is 9.47 Å². The van der Waals surface area contributed by atoms with Gasteiger partial charge in [-0.2, -0.15) is 25.3 Å². The van der Waals surface area contributed by atoms with E-state index in [1.54, 1.807) is 0 Å². The van der Waals surface area contributed by atoms with E-state index in [-0.39, 0.29) is 10.5 Å². The second-order valence-electron chi connectivity index (χ2n) is 12.2. The summed E-state index contributed by atoms with van der Waals surface area (Å²) in [4.78, 5) is 0. The van der Waals surface area contributed by atoms with Crippen LogP contribution in [-0.4, -0.2) is 13.2 Å². The maximum Gasteiger partial charge on any atom is 0.161 e. The summed E-state index contributed by atoms with van der Waals surface area (Å²) in [6, 6.07) is 14.9. The number of benzene rings is 2. The monoisotopic (exact) mass is 740 g/mol. The largest absolute Gasteiger partial charge is 0.490 e. The zero-order valence-electron chi connectivity index (χ0n) is 27.3. The predicted molar refractivity (Wildman–Crippen MR) is 204 cm³/mol. The van der Waals surface area contributed by atoms with Gasteiger partial charge in [-0.3, -0.25) is 0 Å². The summed E-state index contributed by atoms with van der Waals surface area (Å²) in [5.74, 6) is 1.71. The standard InChI is InChI=1S/C38H61IO2S2/c1-3-5-7-9-11-13-15-17-19-21-29-40-35-28-25-33(38(43)37(42)32-23-26-34(39)27-24-32)31-36(35)41-30-22-20-18-16-14-12-10-8-6-4-2/h23-28,31,37-38,42-43H,3-22,29-30H2,1-2H3. The highest BCUT2D eigenvalue weighted by molar-refractivity contribution is 14.1. The molecule has 0 saturated carbocycles. The van der Waals surface area contributed by atoms with Crippen LogP contribution in [0.4, 0.5) is 0 Å². The summed E-state index contributed by atoms with van der Waals surface area (Å²) in [7, 11) is 0. The van der Waals surface area contributed by atoms with Crippen LogP contribution in [0.1, 0.15) is 164 Å². The third kappa shape index (κ3) is 17.7. The third-order valence-corrected chi connectivity index (χ3v) is 10.5. The molecule has 0 bridgehead atoms. The van der Waals surface area contributed by atoms with E-state index < -0.39 is 0 Å². The van der Waals surface area contributed by atoms with Crippen LogP contribution in [0.5, 0.6) is 11.5 Å². The molecule has 0 aliphatic carbocycles. The van der Waals surface area contributed by atoms with E-state index in [0.29, 0.717) is 0 Å². The summed E-state index contributed by atoms with van der Waals surface area (Å²) in [5.41, 5.74) is 2.30. The van der Waals surface area contributed by atoms with E-state index in [1.165, 1.54) is 125 Å². The van der Waals surface area contributed by atoms with Crippen molar-refractivity contribution < 1.29 is 9.47 Å². The Morgan fingerprint density at radius 3 is 1.33 bits per heavy atom. The summed E-state index contributed by atoms with van der Waals surface area (Å²) in [5, 5.41) is -0.0485. The molecule has 2 aromatic rings. The van der Waals surface area contributed by atoms with E-state index in [0.717, 1.165) is 43.1 Å². The van der Waals surface area contributed by atoms with Crippen molar-refractivity contribution in [3.05, 3.63) is 57.2 Å². The first-order chi connectivity index (χ1) is 21.1. The zero-order valence-corrected chi connectivity index (χ0v) is 31.3. The van der Waals surface area contributed by atoms with E-state index in [4.69, 9.17) is 34.7 Å². The van der Waals surface area contributed by atoms with E-state index in [1.807, 2.05) is 0 Å². The van der Waals surface area contributed by atoms with E-state index in [9.17, 15) is 0 Å². The molecule has 43 heavy (non-hydrogen) atoms. The van der Waals surface area contributed by atoms with Crippen molar-refractivity contribution in [3.8, 4) is 11.5 Å². The van der Waals surface area contributed by atoms with Crippen LogP contribution in [0.3, 0.4) is 0 Å². The minimum Gasteiger partial charge on any atom is -0.490 e. The predicted octanol–water partition coefficient (Wildman–Crippen LogP) is 13.5. The minimum atomic E-state index is -0.0425. The van der Waals surface area contributed by atoms with E-state index in [2.05, 4.69) is 78.9 Å². The normalized spacial score (nSPS) is 12.8. The molecule has 0 heterocycles. The van der Waals surface area contributed by atoms with Crippen LogP contribution in [-0.2, 0) is 0 Å². The first-order valence-corrected chi connectivity index (χ1v) is 19.7. The highest BCUT2D eigenvalue weighted by Gasteiger charge is 2.20. The van der Waals surface area contributed by atoms with Gasteiger partial charge >= 0.3 is 0 Å². The maximum atomic E-state index is 6.37. The molecule has 0 aliphatic rings. The number of hydrogen-bond donors (Lipinski definition) is 2. The molecule has 5 heteroatoms. The molecular formula is C38H61IO2S2. The molecule has 0 fully saturated rings. The molecule has 0 radical (unpaired) electrons. The van der Waals surface area contributed by atoms with Gasteiger partial charge in [0, 0.05) is 14.1 Å². The Labute approximate surface area is 290 Å². The van der Waals surface area contributed by atoms with Crippen LogP contribution in [0.25, 0.3) is 0 Å². The molecule has 2 unspecified atom stereocenters. The Bertz CT molecular complexity index is 936. The van der Waals surface area contributed by atoms with Crippen LogP contribution in [0, 0.1) is 3.57 Å². The summed E-state index contributed by atoms with van der Waals surface area (Å²) in [6.07, 6.45) is 26.5. The molecule has 2 rings (SSSR count). The van der Waals surface area contributed by atoms with Gasteiger partial charge in [0.2, 0.25) is 0 Å². The van der Waals surface area contributed by atoms with Crippen molar-refractivity contribution in [2.75, 3.05) is 13.2 Å². The van der Waals surface area contributed by atoms with Crippen molar-refractivity contribution in [1.29, 1.82) is 0 Å². The molecule has 0 saturated heterocycles. The van der Waals surface area contributed by atoms with Crippen molar-refractivity contribution in [2.45, 2.75) is 153 Å². The zero-order chi connectivity index (χ0) is 31.0. The Kier molecular flexibility index (Phi) is 23.0. The summed E-state index contributed by atoms with van der Waals surface area (Å²) < 4.78 is 13.9. The lowest BCUT2D eigenvalue weighted by molar-refractivity contribution is 0.258. The lowest BCUT2D eigenvalue weighted by Crippen LogP contribution is -2.05. The van der Waals surface area contributed by atoms with Gasteiger partial charge in [0.1, 0.15) is 0 Å². The topological polar surface area (TPSA) is 18.5 Å². The van der Waals surface area contributed by atoms with Crippen molar-refractivity contribution >= 4 is 47.8 Å². The third-order valence-electron chi connectivity index (χ3n) is 8.33. The molecule has 244 valence electrons. The molecule has 0 aromatic heterocycles.